The Labute approximate surface area is 133 Å². The Balaban J connectivity index is 2.12. The normalized spacial score (nSPS) is 17.9. The van der Waals surface area contributed by atoms with Gasteiger partial charge >= 0.3 is 0 Å². The highest BCUT2D eigenvalue weighted by Crippen LogP contribution is 2.25. The lowest BCUT2D eigenvalue weighted by Crippen LogP contribution is -2.43. The van der Waals surface area contributed by atoms with Gasteiger partial charge in [-0.25, -0.2) is 0 Å². The molecule has 1 heterocycles. The Morgan fingerprint density at radius 3 is 2.45 bits per heavy atom. The summed E-state index contributed by atoms with van der Waals surface area (Å²) in [7, 11) is 5.39. The van der Waals surface area contributed by atoms with Gasteiger partial charge in [0.2, 0.25) is 0 Å². The van der Waals surface area contributed by atoms with Crippen LogP contribution in [0.1, 0.15) is 30.9 Å². The number of hydrogen-bond donors (Lipinski definition) is 2. The van der Waals surface area contributed by atoms with Crippen LogP contribution in [-0.2, 0) is 0 Å². The zero-order chi connectivity index (χ0) is 15.8. The molecule has 122 valence electrons. The van der Waals surface area contributed by atoms with Crippen molar-refractivity contribution >= 4 is 5.96 Å². The quantitative estimate of drug-likeness (QED) is 0.645. The molecule has 0 aliphatic carbocycles. The number of likely N-dealkylation sites (tertiary alicyclic amines) is 1. The lowest BCUT2D eigenvalue weighted by molar-refractivity contribution is 0.164. The molecule has 0 bridgehead atoms. The number of hydrogen-bond acceptors (Lipinski definition) is 3. The number of nitrogens with zero attached hydrogens (tertiary/aromatic N) is 2. The van der Waals surface area contributed by atoms with Gasteiger partial charge in [-0.05, 0) is 43.6 Å². The number of rotatable bonds is 5. The van der Waals surface area contributed by atoms with Crippen LogP contribution >= 0.6 is 0 Å². The Bertz CT molecular complexity index is 466. The standard InChI is InChI=1S/C17H28N4O/c1-18-17(19-2)20-13-16(21-11-5-4-6-12-21)14-7-9-15(22-3)10-8-14/h7-10,16H,4-6,11-13H2,1-3H3,(H2,18,19,20). The number of methoxy groups -OCH3 is 1. The Kier molecular flexibility index (Phi) is 6.52. The zero-order valence-corrected chi connectivity index (χ0v) is 13.9. The average molecular weight is 304 g/mol. The molecular formula is C17H28N4O. The van der Waals surface area contributed by atoms with Crippen LogP contribution in [0.4, 0.5) is 0 Å². The van der Waals surface area contributed by atoms with Gasteiger partial charge in [0.25, 0.3) is 0 Å². The minimum absolute atomic E-state index is 0.358. The lowest BCUT2D eigenvalue weighted by atomic mass is 10.0. The van der Waals surface area contributed by atoms with Crippen molar-refractivity contribution in [1.82, 2.24) is 15.5 Å². The van der Waals surface area contributed by atoms with Crippen molar-refractivity contribution in [3.63, 3.8) is 0 Å². The largest absolute Gasteiger partial charge is 0.497 e. The van der Waals surface area contributed by atoms with Crippen LogP contribution in [0.5, 0.6) is 5.75 Å². The monoisotopic (exact) mass is 304 g/mol. The van der Waals surface area contributed by atoms with Gasteiger partial charge in [0.15, 0.2) is 5.96 Å². The van der Waals surface area contributed by atoms with Crippen molar-refractivity contribution in [2.24, 2.45) is 4.99 Å². The molecule has 1 fully saturated rings. The van der Waals surface area contributed by atoms with Gasteiger partial charge in [0.05, 0.1) is 13.2 Å². The highest BCUT2D eigenvalue weighted by molar-refractivity contribution is 5.79. The molecule has 5 nitrogen and oxygen atoms in total. The minimum Gasteiger partial charge on any atom is -0.497 e. The predicted octanol–water partition coefficient (Wildman–Crippen LogP) is 2.02. The first kappa shape index (κ1) is 16.6. The predicted molar refractivity (Wildman–Crippen MR) is 91.6 cm³/mol. The van der Waals surface area contributed by atoms with E-state index in [0.717, 1.165) is 31.3 Å². The van der Waals surface area contributed by atoms with E-state index in [-0.39, 0.29) is 0 Å². The highest BCUT2D eigenvalue weighted by Gasteiger charge is 2.22. The van der Waals surface area contributed by atoms with Crippen molar-refractivity contribution in [2.75, 3.05) is 40.8 Å². The van der Waals surface area contributed by atoms with Crippen LogP contribution in [-0.4, -0.2) is 51.7 Å². The first-order chi connectivity index (χ1) is 10.8. The lowest BCUT2D eigenvalue weighted by Gasteiger charge is -2.35. The fourth-order valence-corrected chi connectivity index (χ4v) is 2.99. The van der Waals surface area contributed by atoms with E-state index < -0.39 is 0 Å². The molecule has 1 aromatic carbocycles. The van der Waals surface area contributed by atoms with Crippen LogP contribution in [0.3, 0.4) is 0 Å². The summed E-state index contributed by atoms with van der Waals surface area (Å²) >= 11 is 0. The zero-order valence-electron chi connectivity index (χ0n) is 13.9. The maximum Gasteiger partial charge on any atom is 0.190 e. The summed E-state index contributed by atoms with van der Waals surface area (Å²) in [6.45, 7) is 3.17. The third kappa shape index (κ3) is 4.37. The third-order valence-electron chi connectivity index (χ3n) is 4.26. The fraction of sp³-hybridized carbons (Fsp3) is 0.588. The molecule has 1 unspecified atom stereocenters. The second kappa shape index (κ2) is 8.63. The highest BCUT2D eigenvalue weighted by atomic mass is 16.5. The fourth-order valence-electron chi connectivity index (χ4n) is 2.99. The third-order valence-corrected chi connectivity index (χ3v) is 4.26. The van der Waals surface area contributed by atoms with Gasteiger partial charge in [-0.1, -0.05) is 18.6 Å². The molecule has 1 aliphatic heterocycles. The van der Waals surface area contributed by atoms with Crippen molar-refractivity contribution in [1.29, 1.82) is 0 Å². The molecule has 2 rings (SSSR count). The van der Waals surface area contributed by atoms with E-state index in [1.54, 1.807) is 14.2 Å². The van der Waals surface area contributed by atoms with Gasteiger partial charge in [-0.3, -0.25) is 9.89 Å². The Morgan fingerprint density at radius 1 is 1.23 bits per heavy atom. The number of ether oxygens (including phenoxy) is 1. The maximum absolute atomic E-state index is 5.27. The van der Waals surface area contributed by atoms with Crippen molar-refractivity contribution in [2.45, 2.75) is 25.3 Å². The van der Waals surface area contributed by atoms with Crippen LogP contribution in [0.2, 0.25) is 0 Å². The molecule has 0 amide bonds. The minimum atomic E-state index is 0.358. The molecular weight excluding hydrogens is 276 g/mol. The average Bonchev–Trinajstić information content (AvgIpc) is 2.60. The van der Waals surface area contributed by atoms with E-state index in [1.807, 2.05) is 19.2 Å². The van der Waals surface area contributed by atoms with Gasteiger partial charge in [0.1, 0.15) is 5.75 Å². The first-order valence-corrected chi connectivity index (χ1v) is 8.05. The van der Waals surface area contributed by atoms with E-state index in [2.05, 4.69) is 32.7 Å². The van der Waals surface area contributed by atoms with Crippen molar-refractivity contribution in [3.05, 3.63) is 29.8 Å². The molecule has 0 radical (unpaired) electrons. The molecule has 1 saturated heterocycles. The molecule has 2 N–H and O–H groups in total. The van der Waals surface area contributed by atoms with E-state index in [9.17, 15) is 0 Å². The molecule has 0 aromatic heterocycles. The topological polar surface area (TPSA) is 48.9 Å². The maximum atomic E-state index is 5.27. The molecule has 1 atom stereocenters. The summed E-state index contributed by atoms with van der Waals surface area (Å²) in [6.07, 6.45) is 3.91. The van der Waals surface area contributed by atoms with Crippen LogP contribution in [0.15, 0.2) is 29.3 Å². The second-order valence-corrected chi connectivity index (χ2v) is 5.59. The van der Waals surface area contributed by atoms with Crippen molar-refractivity contribution in [3.8, 4) is 5.75 Å². The summed E-state index contributed by atoms with van der Waals surface area (Å²) < 4.78 is 5.27. The second-order valence-electron chi connectivity index (χ2n) is 5.59. The summed E-state index contributed by atoms with van der Waals surface area (Å²) in [6, 6.07) is 8.78. The Morgan fingerprint density at radius 2 is 1.91 bits per heavy atom. The van der Waals surface area contributed by atoms with E-state index in [4.69, 9.17) is 4.74 Å². The molecule has 0 spiro atoms. The molecule has 5 heteroatoms. The van der Waals surface area contributed by atoms with Gasteiger partial charge in [-0.15, -0.1) is 0 Å². The SMILES string of the molecule is CN=C(NC)NCC(c1ccc(OC)cc1)N1CCCCC1. The summed E-state index contributed by atoms with van der Waals surface area (Å²) in [5.41, 5.74) is 1.32. The summed E-state index contributed by atoms with van der Waals surface area (Å²) in [5, 5.41) is 6.49. The molecule has 1 aromatic rings. The summed E-state index contributed by atoms with van der Waals surface area (Å²) in [4.78, 5) is 6.77. The number of nitrogens with one attached hydrogen (secondary N) is 2. The van der Waals surface area contributed by atoms with Crippen LogP contribution in [0, 0.1) is 0 Å². The number of aliphatic imine (C=N–C) groups is 1. The smallest absolute Gasteiger partial charge is 0.190 e. The number of piperidine rings is 1. The van der Waals surface area contributed by atoms with E-state index in [1.165, 1.54) is 24.8 Å². The van der Waals surface area contributed by atoms with Gasteiger partial charge in [-0.2, -0.15) is 0 Å². The first-order valence-electron chi connectivity index (χ1n) is 8.05. The van der Waals surface area contributed by atoms with E-state index in [0.29, 0.717) is 6.04 Å². The Hall–Kier alpha value is -1.75. The summed E-state index contributed by atoms with van der Waals surface area (Å²) in [5.74, 6) is 1.73. The van der Waals surface area contributed by atoms with Crippen LogP contribution in [0.25, 0.3) is 0 Å². The van der Waals surface area contributed by atoms with Crippen LogP contribution < -0.4 is 15.4 Å². The van der Waals surface area contributed by atoms with E-state index >= 15 is 0 Å². The molecule has 0 saturated carbocycles. The van der Waals surface area contributed by atoms with Crippen molar-refractivity contribution < 1.29 is 4.74 Å². The molecule has 1 aliphatic rings. The van der Waals surface area contributed by atoms with Gasteiger partial charge < -0.3 is 15.4 Å². The number of guanidine groups is 1. The number of benzene rings is 1. The molecule has 22 heavy (non-hydrogen) atoms. The van der Waals surface area contributed by atoms with Gasteiger partial charge in [0, 0.05) is 20.6 Å².